The number of rotatable bonds is 9. The van der Waals surface area contributed by atoms with Gasteiger partial charge in [0.1, 0.15) is 0 Å². The molecule has 2 aromatic rings. The highest BCUT2D eigenvalue weighted by atomic mass is 16.5. The molecule has 0 radical (unpaired) electrons. The maximum atomic E-state index is 5.39. The summed E-state index contributed by atoms with van der Waals surface area (Å²) in [4.78, 5) is 4.36. The van der Waals surface area contributed by atoms with Gasteiger partial charge < -0.3 is 14.8 Å². The summed E-state index contributed by atoms with van der Waals surface area (Å²) in [6.07, 6.45) is 3.93. The Labute approximate surface area is 112 Å². The first-order valence-electron chi connectivity index (χ1n) is 6.52. The van der Waals surface area contributed by atoms with Gasteiger partial charge in [-0.05, 0) is 25.0 Å². The molecule has 0 aliphatic rings. The van der Waals surface area contributed by atoms with E-state index in [9.17, 15) is 0 Å². The number of aromatic nitrogens is 3. The van der Waals surface area contributed by atoms with Crippen LogP contribution in [0.3, 0.4) is 0 Å². The topological polar surface area (TPSA) is 60.7 Å². The Bertz CT molecular complexity index is 453. The van der Waals surface area contributed by atoms with Crippen molar-refractivity contribution < 1.29 is 9.47 Å². The lowest BCUT2D eigenvalue weighted by Crippen LogP contribution is -2.07. The monoisotopic (exact) mass is 264 g/mol. The zero-order valence-corrected chi connectivity index (χ0v) is 11.2. The number of anilines is 1. The third-order valence-electron chi connectivity index (χ3n) is 2.67. The van der Waals surface area contributed by atoms with Gasteiger partial charge in [0.2, 0.25) is 5.95 Å². The number of ether oxygens (including phenoxy) is 2. The summed E-state index contributed by atoms with van der Waals surface area (Å²) >= 11 is 0. The molecule has 0 amide bonds. The summed E-state index contributed by atoms with van der Waals surface area (Å²) in [5.41, 5.74) is 0.855. The molecule has 2 heterocycles. The fourth-order valence-electron chi connectivity index (χ4n) is 1.68. The molecule has 0 spiro atoms. The molecule has 0 aliphatic carbocycles. The molecule has 6 heteroatoms. The van der Waals surface area contributed by atoms with E-state index in [2.05, 4.69) is 15.4 Å². The van der Waals surface area contributed by atoms with Crippen LogP contribution < -0.4 is 5.32 Å². The minimum Gasteiger partial charge on any atom is -0.382 e. The number of unbranched alkanes of at least 4 members (excludes halogenated alkanes) is 1. The van der Waals surface area contributed by atoms with Crippen LogP contribution in [0, 0.1) is 0 Å². The molecule has 2 aromatic heterocycles. The Morgan fingerprint density at radius 1 is 1.21 bits per heavy atom. The van der Waals surface area contributed by atoms with Gasteiger partial charge in [0.15, 0.2) is 5.65 Å². The lowest BCUT2D eigenvalue weighted by Gasteiger charge is -2.03. The largest absolute Gasteiger partial charge is 0.382 e. The van der Waals surface area contributed by atoms with Crippen molar-refractivity contribution in [2.75, 3.05) is 38.8 Å². The van der Waals surface area contributed by atoms with E-state index in [0.717, 1.165) is 31.6 Å². The van der Waals surface area contributed by atoms with E-state index >= 15 is 0 Å². The second kappa shape index (κ2) is 7.70. The first kappa shape index (κ1) is 13.8. The predicted octanol–water partition coefficient (Wildman–Crippen LogP) is 1.58. The summed E-state index contributed by atoms with van der Waals surface area (Å²) in [6, 6.07) is 5.82. The van der Waals surface area contributed by atoms with E-state index in [0.29, 0.717) is 19.2 Å². The van der Waals surface area contributed by atoms with Crippen LogP contribution in [0.2, 0.25) is 0 Å². The fraction of sp³-hybridized carbons (Fsp3) is 0.538. The quantitative estimate of drug-likeness (QED) is 0.697. The van der Waals surface area contributed by atoms with E-state index in [1.165, 1.54) is 0 Å². The predicted molar refractivity (Wildman–Crippen MR) is 73.4 cm³/mol. The summed E-state index contributed by atoms with van der Waals surface area (Å²) in [7, 11) is 1.68. The molecule has 104 valence electrons. The third-order valence-corrected chi connectivity index (χ3v) is 2.67. The average molecular weight is 264 g/mol. The maximum absolute atomic E-state index is 5.39. The molecular formula is C13H20N4O2. The van der Waals surface area contributed by atoms with Gasteiger partial charge in [-0.15, -0.1) is 5.10 Å². The third kappa shape index (κ3) is 4.50. The molecule has 2 rings (SSSR count). The molecule has 0 atom stereocenters. The van der Waals surface area contributed by atoms with Crippen LogP contribution in [0.25, 0.3) is 5.65 Å². The Morgan fingerprint density at radius 2 is 2.16 bits per heavy atom. The van der Waals surface area contributed by atoms with Gasteiger partial charge in [-0.3, -0.25) is 0 Å². The van der Waals surface area contributed by atoms with Crippen molar-refractivity contribution in [3.05, 3.63) is 24.4 Å². The zero-order valence-electron chi connectivity index (χ0n) is 11.2. The van der Waals surface area contributed by atoms with E-state index < -0.39 is 0 Å². The van der Waals surface area contributed by atoms with Crippen molar-refractivity contribution in [2.24, 2.45) is 0 Å². The SMILES string of the molecule is COCCOCCCCNc1nc2ccccn2n1. The van der Waals surface area contributed by atoms with Crippen LogP contribution in [0.15, 0.2) is 24.4 Å². The van der Waals surface area contributed by atoms with Crippen LogP contribution in [-0.2, 0) is 9.47 Å². The van der Waals surface area contributed by atoms with Gasteiger partial charge in [-0.1, -0.05) is 6.07 Å². The number of fused-ring (bicyclic) bond motifs is 1. The van der Waals surface area contributed by atoms with Gasteiger partial charge in [0.05, 0.1) is 13.2 Å². The fourth-order valence-corrected chi connectivity index (χ4v) is 1.68. The van der Waals surface area contributed by atoms with Gasteiger partial charge >= 0.3 is 0 Å². The molecule has 0 aliphatic heterocycles. The zero-order chi connectivity index (χ0) is 13.3. The molecule has 0 aromatic carbocycles. The number of hydrogen-bond acceptors (Lipinski definition) is 5. The van der Waals surface area contributed by atoms with Crippen LogP contribution in [0.1, 0.15) is 12.8 Å². The van der Waals surface area contributed by atoms with Crippen LogP contribution >= 0.6 is 0 Å². The van der Waals surface area contributed by atoms with Gasteiger partial charge in [-0.25, -0.2) is 4.52 Å². The van der Waals surface area contributed by atoms with Crippen molar-refractivity contribution in [2.45, 2.75) is 12.8 Å². The lowest BCUT2D eigenvalue weighted by molar-refractivity contribution is 0.0691. The summed E-state index contributed by atoms with van der Waals surface area (Å²) < 4.78 is 12.0. The molecule has 0 unspecified atom stereocenters. The number of nitrogens with one attached hydrogen (secondary N) is 1. The highest BCUT2D eigenvalue weighted by molar-refractivity contribution is 5.42. The minimum atomic E-state index is 0.656. The Kier molecular flexibility index (Phi) is 5.58. The Morgan fingerprint density at radius 3 is 3.00 bits per heavy atom. The Balaban J connectivity index is 1.60. The van der Waals surface area contributed by atoms with Crippen molar-refractivity contribution in [1.82, 2.24) is 14.6 Å². The smallest absolute Gasteiger partial charge is 0.243 e. The van der Waals surface area contributed by atoms with Crippen LogP contribution in [-0.4, -0.2) is 48.1 Å². The van der Waals surface area contributed by atoms with Crippen molar-refractivity contribution in [3.63, 3.8) is 0 Å². The average Bonchev–Trinajstić information content (AvgIpc) is 2.84. The molecule has 0 saturated carbocycles. The standard InChI is InChI=1S/C13H20N4O2/c1-18-10-11-19-9-5-3-7-14-13-15-12-6-2-4-8-17(12)16-13/h2,4,6,8H,3,5,7,9-11H2,1H3,(H,14,16). The van der Waals surface area contributed by atoms with Gasteiger partial charge in [0.25, 0.3) is 0 Å². The number of methoxy groups -OCH3 is 1. The molecule has 0 fully saturated rings. The van der Waals surface area contributed by atoms with Crippen molar-refractivity contribution in [3.8, 4) is 0 Å². The number of pyridine rings is 1. The van der Waals surface area contributed by atoms with Gasteiger partial charge in [0, 0.05) is 26.5 Å². The number of hydrogen-bond donors (Lipinski definition) is 1. The van der Waals surface area contributed by atoms with Crippen molar-refractivity contribution in [1.29, 1.82) is 0 Å². The molecule has 19 heavy (non-hydrogen) atoms. The van der Waals surface area contributed by atoms with Crippen LogP contribution in [0.5, 0.6) is 0 Å². The molecule has 1 N–H and O–H groups in total. The first-order valence-corrected chi connectivity index (χ1v) is 6.52. The molecular weight excluding hydrogens is 244 g/mol. The first-order chi connectivity index (χ1) is 9.40. The van der Waals surface area contributed by atoms with Crippen molar-refractivity contribution >= 4 is 11.6 Å². The second-order valence-corrected chi connectivity index (χ2v) is 4.18. The van der Waals surface area contributed by atoms with E-state index in [1.807, 2.05) is 24.4 Å². The minimum absolute atomic E-state index is 0.656. The number of nitrogens with zero attached hydrogens (tertiary/aromatic N) is 3. The molecule has 6 nitrogen and oxygen atoms in total. The van der Waals surface area contributed by atoms with E-state index in [-0.39, 0.29) is 0 Å². The summed E-state index contributed by atoms with van der Waals surface area (Å²) in [5, 5.41) is 7.53. The highest BCUT2D eigenvalue weighted by Crippen LogP contribution is 2.04. The van der Waals surface area contributed by atoms with E-state index in [4.69, 9.17) is 9.47 Å². The maximum Gasteiger partial charge on any atom is 0.243 e. The second-order valence-electron chi connectivity index (χ2n) is 4.18. The van der Waals surface area contributed by atoms with E-state index in [1.54, 1.807) is 11.6 Å². The van der Waals surface area contributed by atoms with Crippen LogP contribution in [0.4, 0.5) is 5.95 Å². The van der Waals surface area contributed by atoms with Gasteiger partial charge in [-0.2, -0.15) is 4.98 Å². The summed E-state index contributed by atoms with van der Waals surface area (Å²) in [5.74, 6) is 0.673. The normalized spacial score (nSPS) is 11.0. The Hall–Kier alpha value is -1.66. The highest BCUT2D eigenvalue weighted by Gasteiger charge is 2.00. The molecule has 0 saturated heterocycles. The summed E-state index contributed by atoms with van der Waals surface area (Å²) in [6.45, 7) is 2.94. The lowest BCUT2D eigenvalue weighted by atomic mass is 10.3. The molecule has 0 bridgehead atoms.